The highest BCUT2D eigenvalue weighted by Crippen LogP contribution is 2.42. The number of methoxy groups -OCH3 is 3. The van der Waals surface area contributed by atoms with Crippen LogP contribution >= 0.6 is 0 Å². The Labute approximate surface area is 339 Å². The van der Waals surface area contributed by atoms with Crippen molar-refractivity contribution >= 4 is 52.8 Å². The van der Waals surface area contributed by atoms with Gasteiger partial charge in [-0.1, -0.05) is 56.5 Å². The summed E-state index contributed by atoms with van der Waals surface area (Å²) in [4.78, 5) is 40.4. The number of carbonyl (C=O) groups is 2. The van der Waals surface area contributed by atoms with Gasteiger partial charge in [0.1, 0.15) is 5.75 Å². The van der Waals surface area contributed by atoms with E-state index in [1.54, 1.807) is 55.4 Å². The number of benzene rings is 4. The van der Waals surface area contributed by atoms with E-state index in [0.29, 0.717) is 71.6 Å². The normalized spacial score (nSPS) is 17.4. The molecular weight excluding hydrogens is 733 g/mol. The lowest BCUT2D eigenvalue weighted by atomic mass is 10.0. The van der Waals surface area contributed by atoms with E-state index in [1.165, 1.54) is 0 Å². The van der Waals surface area contributed by atoms with E-state index >= 15 is 0 Å². The predicted octanol–water partition coefficient (Wildman–Crippen LogP) is 9.56. The first-order valence-electron chi connectivity index (χ1n) is 19.1. The number of fused-ring (bicyclic) bond motifs is 4. The summed E-state index contributed by atoms with van der Waals surface area (Å²) in [6.45, 7) is 4.72. The van der Waals surface area contributed by atoms with E-state index in [0.717, 1.165) is 52.8 Å². The first kappa shape index (κ1) is 39.6. The molecule has 58 heavy (non-hydrogen) atoms. The van der Waals surface area contributed by atoms with Crippen LogP contribution in [-0.4, -0.2) is 80.7 Å². The number of nitrogens with zero attached hydrogens (tertiary/aromatic N) is 4. The Balaban J connectivity index is 0.00000512. The lowest BCUT2D eigenvalue weighted by molar-refractivity contribution is 0.0809. The Kier molecular flexibility index (Phi) is 11.8. The van der Waals surface area contributed by atoms with E-state index in [1.807, 2.05) is 67.3 Å². The van der Waals surface area contributed by atoms with Crippen LogP contribution in [0.4, 0.5) is 11.4 Å². The van der Waals surface area contributed by atoms with E-state index in [9.17, 15) is 9.59 Å². The van der Waals surface area contributed by atoms with E-state index in [2.05, 4.69) is 18.7 Å². The zero-order chi connectivity index (χ0) is 39.5. The molecule has 4 heterocycles. The number of unbranched alkanes of at least 4 members (excludes halogenated alkanes) is 2. The van der Waals surface area contributed by atoms with E-state index in [-0.39, 0.29) is 31.3 Å². The third-order valence-electron chi connectivity index (χ3n) is 10.7. The number of rotatable bonds is 14. The Bertz CT molecular complexity index is 2330. The van der Waals surface area contributed by atoms with Crippen molar-refractivity contribution in [3.63, 3.8) is 0 Å². The van der Waals surface area contributed by atoms with E-state index < -0.39 is 0 Å². The highest BCUT2D eigenvalue weighted by molar-refractivity contribution is 6.06. The van der Waals surface area contributed by atoms with Crippen molar-refractivity contribution in [3.05, 3.63) is 120 Å². The fourth-order valence-corrected chi connectivity index (χ4v) is 7.53. The molecule has 11 nitrogen and oxygen atoms in total. The maximum absolute atomic E-state index is 13.7. The van der Waals surface area contributed by atoms with Gasteiger partial charge in [0.05, 0.1) is 69.1 Å². The minimum Gasteiger partial charge on any atom is -0.497 e. The molecule has 0 N–H and O–H groups in total. The third-order valence-corrected chi connectivity index (χ3v) is 10.7. The summed E-state index contributed by atoms with van der Waals surface area (Å²) >= 11 is 0. The molecule has 0 fully saturated rings. The number of hydrogen-bond donors (Lipinski definition) is 0. The van der Waals surface area contributed by atoms with Crippen molar-refractivity contribution in [2.24, 2.45) is 9.98 Å². The number of carbonyl (C=O) groups excluding carboxylic acids is 2. The van der Waals surface area contributed by atoms with Crippen LogP contribution in [0, 0.1) is 0 Å². The lowest BCUT2D eigenvalue weighted by Gasteiger charge is -2.19. The van der Waals surface area contributed by atoms with Gasteiger partial charge in [-0.15, -0.1) is 0 Å². The Morgan fingerprint density at radius 3 is 1.53 bits per heavy atom. The van der Waals surface area contributed by atoms with Crippen molar-refractivity contribution in [2.45, 2.75) is 51.6 Å². The summed E-state index contributed by atoms with van der Waals surface area (Å²) in [5.41, 5.74) is 7.34. The molecule has 0 aliphatic carbocycles. The quantitative estimate of drug-likeness (QED) is 0.117. The molecule has 4 aromatic rings. The molecule has 2 unspecified atom stereocenters. The first-order valence-corrected chi connectivity index (χ1v) is 19.1. The largest absolute Gasteiger partial charge is 0.497 e. The first-order chi connectivity index (χ1) is 27.9. The summed E-state index contributed by atoms with van der Waals surface area (Å²) in [5.74, 6) is 2.55. The Hall–Kier alpha value is -6.62. The molecule has 0 aromatic heterocycles. The summed E-state index contributed by atoms with van der Waals surface area (Å²) in [5, 5.41) is 0. The minimum absolute atomic E-state index is 0. The summed E-state index contributed by atoms with van der Waals surface area (Å²) in [6, 6.07) is 22.6. The van der Waals surface area contributed by atoms with Crippen LogP contribution in [0.5, 0.6) is 28.7 Å². The molecule has 0 radical (unpaired) electrons. The van der Waals surface area contributed by atoms with Crippen LogP contribution < -0.4 is 23.7 Å². The molecule has 4 aliphatic rings. The average Bonchev–Trinajstić information content (AvgIpc) is 3.83. The smallest absolute Gasteiger partial charge is 0.260 e. The molecule has 4 aromatic carbocycles. The predicted molar refractivity (Wildman–Crippen MR) is 228 cm³/mol. The van der Waals surface area contributed by atoms with Crippen molar-refractivity contribution in [1.82, 2.24) is 9.80 Å². The number of ether oxygens (including phenoxy) is 5. The highest BCUT2D eigenvalue weighted by Gasteiger charge is 2.35. The van der Waals surface area contributed by atoms with Crippen LogP contribution in [0.15, 0.2) is 102 Å². The van der Waals surface area contributed by atoms with Gasteiger partial charge in [-0.25, -0.2) is 0 Å². The third kappa shape index (κ3) is 7.84. The summed E-state index contributed by atoms with van der Waals surface area (Å²) in [6.07, 6.45) is 13.0. The average molecular weight is 781 g/mol. The Morgan fingerprint density at radius 2 is 1.10 bits per heavy atom. The van der Waals surface area contributed by atoms with Gasteiger partial charge in [-0.3, -0.25) is 19.6 Å². The fraction of sp³-hybridized carbons (Fsp3) is 0.277. The second-order valence-corrected chi connectivity index (χ2v) is 14.2. The molecule has 0 saturated carbocycles. The standard InChI is InChI=1S/C46H44N4O7.CH4/c1-5-29-9-11-30(12-10-29)32-19-34-25-47-39-23-43(41(54-3)21-37(39)45(51)49(34)27-32)56-17-7-6-8-18-57-44-24-40-38(22-42(44)55-4)46(52)50-28-33(20-35(50)26-48-40)31-13-15-36(53-2)16-14-31;/h5,9-16,21-28,34-35H,1,6-8,17-20H2,2-4H3;1H4. The molecule has 0 spiro atoms. The fourth-order valence-electron chi connectivity index (χ4n) is 7.53. The van der Waals surface area contributed by atoms with E-state index in [4.69, 9.17) is 33.7 Å². The Morgan fingerprint density at radius 1 is 0.638 bits per heavy atom. The van der Waals surface area contributed by atoms with Gasteiger partial charge >= 0.3 is 0 Å². The maximum atomic E-state index is 13.7. The SMILES string of the molecule is C.C=Cc1ccc(C2=CN3C(=O)c4cc(OC)c(OCCCCCOc5cc6c(cc5OC)C(=O)N5C=C(c7ccc(OC)cc7)CC5C=N6)cc4N=CC3C2)cc1. The number of amides is 2. The second-order valence-electron chi connectivity index (χ2n) is 14.2. The number of aliphatic imine (C=N–C) groups is 2. The maximum Gasteiger partial charge on any atom is 0.260 e. The molecule has 4 aliphatic heterocycles. The van der Waals surface area contributed by atoms with Crippen LogP contribution in [-0.2, 0) is 0 Å². The van der Waals surface area contributed by atoms with Gasteiger partial charge in [-0.05, 0) is 71.4 Å². The molecule has 0 bridgehead atoms. The molecule has 2 atom stereocenters. The lowest BCUT2D eigenvalue weighted by Crippen LogP contribution is -2.32. The van der Waals surface area contributed by atoms with Crippen molar-refractivity contribution in [1.29, 1.82) is 0 Å². The highest BCUT2D eigenvalue weighted by atomic mass is 16.5. The zero-order valence-electron chi connectivity index (χ0n) is 32.3. The van der Waals surface area contributed by atoms with Crippen LogP contribution in [0.3, 0.4) is 0 Å². The van der Waals surface area contributed by atoms with Gasteiger partial charge in [0.2, 0.25) is 0 Å². The van der Waals surface area contributed by atoms with Crippen LogP contribution in [0.1, 0.15) is 76.9 Å². The van der Waals surface area contributed by atoms with Gasteiger partial charge < -0.3 is 33.5 Å². The van der Waals surface area contributed by atoms with Crippen molar-refractivity contribution < 1.29 is 33.3 Å². The molecule has 2 amide bonds. The molecule has 11 heteroatoms. The van der Waals surface area contributed by atoms with Crippen LogP contribution in [0.25, 0.3) is 17.2 Å². The van der Waals surface area contributed by atoms with Gasteiger partial charge in [-0.2, -0.15) is 0 Å². The number of hydrogen-bond acceptors (Lipinski definition) is 9. The topological polar surface area (TPSA) is 111 Å². The minimum atomic E-state index is -0.184. The van der Waals surface area contributed by atoms with Gasteiger partial charge in [0.25, 0.3) is 11.8 Å². The van der Waals surface area contributed by atoms with Crippen molar-refractivity contribution in [3.8, 4) is 28.7 Å². The zero-order valence-corrected chi connectivity index (χ0v) is 32.3. The monoisotopic (exact) mass is 780 g/mol. The summed E-state index contributed by atoms with van der Waals surface area (Å²) in [7, 11) is 4.77. The van der Waals surface area contributed by atoms with Crippen LogP contribution in [0.2, 0.25) is 0 Å². The second kappa shape index (κ2) is 17.3. The van der Waals surface area contributed by atoms with Gasteiger partial charge in [0, 0.05) is 49.8 Å². The summed E-state index contributed by atoms with van der Waals surface area (Å²) < 4.78 is 28.9. The van der Waals surface area contributed by atoms with Crippen molar-refractivity contribution in [2.75, 3.05) is 34.5 Å². The molecule has 0 saturated heterocycles. The van der Waals surface area contributed by atoms with Gasteiger partial charge in [0.15, 0.2) is 23.0 Å². The molecular formula is C47H48N4O7. The molecule has 298 valence electrons. The molecule has 8 rings (SSSR count).